The Labute approximate surface area is 114 Å². The second kappa shape index (κ2) is 6.61. The van der Waals surface area contributed by atoms with Gasteiger partial charge in [0.1, 0.15) is 0 Å². The lowest BCUT2D eigenvalue weighted by molar-refractivity contribution is -0.127. The average molecular weight is 281 g/mol. The minimum absolute atomic E-state index is 0.0681. The van der Waals surface area contributed by atoms with E-state index in [2.05, 4.69) is 0 Å². The number of hydrogen-bond acceptors (Lipinski definition) is 3. The van der Waals surface area contributed by atoms with Crippen LogP contribution < -0.4 is 5.73 Å². The summed E-state index contributed by atoms with van der Waals surface area (Å²) in [5.41, 5.74) is 5.21. The molecule has 0 saturated carbocycles. The topological polar surface area (TPSA) is 87.2 Å². The van der Waals surface area contributed by atoms with Gasteiger partial charge in [-0.1, -0.05) is 30.3 Å². The number of nitrogens with zero attached hydrogens (tertiary/aromatic N) is 2. The first-order chi connectivity index (χ1) is 9.35. The molecule has 1 aromatic carbocycles. The Kier molecular flexibility index (Phi) is 5.15. The van der Waals surface area contributed by atoms with Crippen molar-refractivity contribution in [1.29, 1.82) is 5.26 Å². The number of benzene rings is 1. The van der Waals surface area contributed by atoms with Crippen LogP contribution in [0.4, 0.5) is 13.6 Å². The van der Waals surface area contributed by atoms with Gasteiger partial charge in [-0.05, 0) is 5.56 Å². The van der Waals surface area contributed by atoms with Crippen molar-refractivity contribution in [2.75, 3.05) is 0 Å². The quantitative estimate of drug-likeness (QED) is 0.661. The number of rotatable bonds is 5. The van der Waals surface area contributed by atoms with Crippen molar-refractivity contribution in [3.8, 4) is 6.19 Å². The first-order valence-electron chi connectivity index (χ1n) is 5.79. The Bertz CT molecular complexity index is 526. The third-order valence-corrected chi connectivity index (χ3v) is 2.58. The molecule has 7 heteroatoms. The third-order valence-electron chi connectivity index (χ3n) is 2.58. The van der Waals surface area contributed by atoms with Gasteiger partial charge >= 0.3 is 6.03 Å². The molecule has 0 atom stereocenters. The van der Waals surface area contributed by atoms with Crippen molar-refractivity contribution in [2.24, 2.45) is 5.73 Å². The van der Waals surface area contributed by atoms with Crippen LogP contribution in [0.3, 0.4) is 0 Å². The number of nitrogens with two attached hydrogens (primary N) is 1. The minimum atomic E-state index is -3.10. The molecule has 2 N–H and O–H groups in total. The van der Waals surface area contributed by atoms with Crippen LogP contribution in [0.5, 0.6) is 0 Å². The van der Waals surface area contributed by atoms with E-state index in [0.29, 0.717) is 5.56 Å². The number of halogens is 2. The Hall–Kier alpha value is -2.49. The first kappa shape index (κ1) is 15.6. The lowest BCUT2D eigenvalue weighted by atomic mass is 10.0. The summed E-state index contributed by atoms with van der Waals surface area (Å²) in [6.07, 6.45) is -0.644. The van der Waals surface area contributed by atoms with E-state index in [1.165, 1.54) is 6.19 Å². The van der Waals surface area contributed by atoms with Crippen molar-refractivity contribution in [3.05, 3.63) is 35.9 Å². The molecule has 1 aromatic rings. The Balaban J connectivity index is 2.57. The fraction of sp³-hybridized carbons (Fsp3) is 0.308. The molecule has 0 fully saturated rings. The second-order valence-electron chi connectivity index (χ2n) is 4.19. The van der Waals surface area contributed by atoms with E-state index in [-0.39, 0.29) is 4.90 Å². The zero-order valence-corrected chi connectivity index (χ0v) is 10.6. The summed E-state index contributed by atoms with van der Waals surface area (Å²) < 4.78 is 27.3. The van der Waals surface area contributed by atoms with E-state index in [4.69, 9.17) is 11.0 Å². The molecule has 0 aromatic heterocycles. The van der Waals surface area contributed by atoms with Crippen LogP contribution in [0.1, 0.15) is 18.4 Å². The van der Waals surface area contributed by atoms with Crippen LogP contribution in [0.2, 0.25) is 0 Å². The summed E-state index contributed by atoms with van der Waals surface area (Å²) in [6, 6.07) is 6.83. The number of hydrogen-bond donors (Lipinski definition) is 1. The smallest absolute Gasteiger partial charge is 0.335 e. The number of imide groups is 1. The van der Waals surface area contributed by atoms with E-state index in [1.54, 1.807) is 30.3 Å². The highest BCUT2D eigenvalue weighted by Gasteiger charge is 2.31. The van der Waals surface area contributed by atoms with Crippen LogP contribution in [-0.4, -0.2) is 22.8 Å². The number of nitriles is 1. The van der Waals surface area contributed by atoms with Gasteiger partial charge < -0.3 is 5.73 Å². The maximum absolute atomic E-state index is 13.7. The molecule has 3 amide bonds. The molecule has 5 nitrogen and oxygen atoms in total. The van der Waals surface area contributed by atoms with Gasteiger partial charge in [0.2, 0.25) is 5.91 Å². The van der Waals surface area contributed by atoms with Gasteiger partial charge in [0, 0.05) is 19.3 Å². The number of carbonyl (C=O) groups is 2. The van der Waals surface area contributed by atoms with Gasteiger partial charge in [0.25, 0.3) is 5.92 Å². The Morgan fingerprint density at radius 3 is 2.40 bits per heavy atom. The van der Waals surface area contributed by atoms with Gasteiger partial charge in [0.05, 0.1) is 0 Å². The maximum atomic E-state index is 13.7. The summed E-state index contributed by atoms with van der Waals surface area (Å²) in [4.78, 5) is 22.2. The molecule has 0 aliphatic heterocycles. The van der Waals surface area contributed by atoms with Gasteiger partial charge in [-0.15, -0.1) is 0 Å². The van der Waals surface area contributed by atoms with Gasteiger partial charge in [-0.3, -0.25) is 4.79 Å². The monoisotopic (exact) mass is 281 g/mol. The highest BCUT2D eigenvalue weighted by atomic mass is 19.3. The van der Waals surface area contributed by atoms with E-state index in [1.807, 2.05) is 0 Å². The van der Waals surface area contributed by atoms with Crippen molar-refractivity contribution in [1.82, 2.24) is 4.90 Å². The molecular weight excluding hydrogens is 268 g/mol. The fourth-order valence-electron chi connectivity index (χ4n) is 1.61. The van der Waals surface area contributed by atoms with Crippen LogP contribution in [0.15, 0.2) is 30.3 Å². The summed E-state index contributed by atoms with van der Waals surface area (Å²) >= 11 is 0. The third kappa shape index (κ3) is 4.65. The summed E-state index contributed by atoms with van der Waals surface area (Å²) in [7, 11) is 0. The summed E-state index contributed by atoms with van der Waals surface area (Å²) in [5.74, 6) is -4.14. The van der Waals surface area contributed by atoms with Crippen LogP contribution in [0.25, 0.3) is 0 Å². The Morgan fingerprint density at radius 1 is 1.30 bits per heavy atom. The van der Waals surface area contributed by atoms with E-state index in [0.717, 1.165) is 0 Å². The van der Waals surface area contributed by atoms with Crippen molar-refractivity contribution < 1.29 is 18.4 Å². The lowest BCUT2D eigenvalue weighted by Gasteiger charge is -2.17. The highest BCUT2D eigenvalue weighted by Crippen LogP contribution is 2.25. The molecule has 0 heterocycles. The largest absolute Gasteiger partial charge is 0.350 e. The fourth-order valence-corrected chi connectivity index (χ4v) is 1.61. The van der Waals surface area contributed by atoms with Crippen LogP contribution in [0, 0.1) is 11.5 Å². The van der Waals surface area contributed by atoms with Gasteiger partial charge in [-0.2, -0.15) is 10.2 Å². The average Bonchev–Trinajstić information content (AvgIpc) is 2.37. The molecule has 0 radical (unpaired) electrons. The zero-order chi connectivity index (χ0) is 15.2. The number of carbonyl (C=O) groups excluding carboxylic acids is 2. The summed E-state index contributed by atoms with van der Waals surface area (Å²) in [6.45, 7) is 0. The molecule has 0 aliphatic carbocycles. The highest BCUT2D eigenvalue weighted by molar-refractivity contribution is 5.95. The first-order valence-corrected chi connectivity index (χ1v) is 5.79. The molecule has 20 heavy (non-hydrogen) atoms. The molecule has 0 aliphatic rings. The number of urea groups is 1. The second-order valence-corrected chi connectivity index (χ2v) is 4.19. The minimum Gasteiger partial charge on any atom is -0.350 e. The van der Waals surface area contributed by atoms with E-state index in [9.17, 15) is 18.4 Å². The predicted molar refractivity (Wildman–Crippen MR) is 66.4 cm³/mol. The normalized spacial score (nSPS) is 10.7. The van der Waals surface area contributed by atoms with Gasteiger partial charge in [0.15, 0.2) is 6.19 Å². The molecule has 1 rings (SSSR count). The van der Waals surface area contributed by atoms with Crippen molar-refractivity contribution >= 4 is 11.9 Å². The molecule has 0 bridgehead atoms. The number of alkyl halides is 2. The molecular formula is C13H13F2N3O2. The van der Waals surface area contributed by atoms with E-state index < -0.39 is 37.1 Å². The standard InChI is InChI=1S/C13H13F2N3O2/c14-13(15,8-10-4-2-1-3-5-10)7-6-11(19)18(9-16)12(17)20/h1-5H,6-8H2,(H2,17,20). The molecule has 0 spiro atoms. The summed E-state index contributed by atoms with van der Waals surface area (Å²) in [5, 5.41) is 8.50. The number of amides is 3. The predicted octanol–water partition coefficient (Wildman–Crippen LogP) is 2.03. The molecule has 106 valence electrons. The molecule has 0 unspecified atom stereocenters. The van der Waals surface area contributed by atoms with Gasteiger partial charge in [-0.25, -0.2) is 13.6 Å². The van der Waals surface area contributed by atoms with Crippen LogP contribution >= 0.6 is 0 Å². The zero-order valence-electron chi connectivity index (χ0n) is 10.6. The maximum Gasteiger partial charge on any atom is 0.335 e. The Morgan fingerprint density at radius 2 is 1.90 bits per heavy atom. The van der Waals surface area contributed by atoms with Crippen molar-refractivity contribution in [2.45, 2.75) is 25.2 Å². The SMILES string of the molecule is N#CN(C(N)=O)C(=O)CCC(F)(F)Cc1ccccc1. The lowest BCUT2D eigenvalue weighted by Crippen LogP contribution is -2.37. The van der Waals surface area contributed by atoms with Crippen molar-refractivity contribution in [3.63, 3.8) is 0 Å². The van der Waals surface area contributed by atoms with Crippen LogP contribution in [-0.2, 0) is 11.2 Å². The molecule has 0 saturated heterocycles. The number of primary amides is 1. The van der Waals surface area contributed by atoms with E-state index >= 15 is 0 Å².